The largest absolute Gasteiger partial charge is 0.497 e. The predicted octanol–water partition coefficient (Wildman–Crippen LogP) is 1.91. The summed E-state index contributed by atoms with van der Waals surface area (Å²) in [5.41, 5.74) is 7.32. The van der Waals surface area contributed by atoms with Gasteiger partial charge in [0.1, 0.15) is 11.5 Å². The van der Waals surface area contributed by atoms with E-state index in [4.69, 9.17) is 15.2 Å². The van der Waals surface area contributed by atoms with Crippen molar-refractivity contribution in [3.05, 3.63) is 12.1 Å². The Morgan fingerprint density at radius 1 is 1.30 bits per heavy atom. The number of ether oxygens (including phenoxy) is 2. The van der Waals surface area contributed by atoms with Crippen LogP contribution in [0.25, 0.3) is 11.4 Å². The van der Waals surface area contributed by atoms with E-state index in [2.05, 4.69) is 22.4 Å². The van der Waals surface area contributed by atoms with Crippen molar-refractivity contribution in [2.75, 3.05) is 20.0 Å². The Bertz CT molecular complexity index is 596. The molecule has 7 heteroatoms. The van der Waals surface area contributed by atoms with Crippen molar-refractivity contribution in [2.24, 2.45) is 0 Å². The molecule has 0 spiro atoms. The Balaban J connectivity index is 2.60. The highest BCUT2D eigenvalue weighted by Crippen LogP contribution is 2.37. The van der Waals surface area contributed by atoms with Gasteiger partial charge in [0, 0.05) is 6.07 Å². The first-order valence-electron chi connectivity index (χ1n) is 6.42. The van der Waals surface area contributed by atoms with E-state index < -0.39 is 0 Å². The molecule has 1 aromatic heterocycles. The molecule has 2 rings (SSSR count). The third-order valence-electron chi connectivity index (χ3n) is 3.31. The Kier molecular flexibility index (Phi) is 4.07. The minimum atomic E-state index is 0.177. The van der Waals surface area contributed by atoms with E-state index in [1.54, 1.807) is 25.0 Å². The molecule has 0 amide bonds. The molecule has 108 valence electrons. The van der Waals surface area contributed by atoms with Crippen LogP contribution >= 0.6 is 0 Å². The highest BCUT2D eigenvalue weighted by molar-refractivity contribution is 5.78. The standard InChI is InChI=1S/C13H19N5O2/c1-5-8(2)18-13(15-16-17-18)10-6-9(19-3)7-11(20-4)12(10)14/h6-8H,5,14H2,1-4H3. The number of rotatable bonds is 5. The van der Waals surface area contributed by atoms with Crippen LogP contribution < -0.4 is 15.2 Å². The maximum absolute atomic E-state index is 6.13. The van der Waals surface area contributed by atoms with E-state index in [-0.39, 0.29) is 6.04 Å². The second-order valence-electron chi connectivity index (χ2n) is 4.50. The number of hydrogen-bond donors (Lipinski definition) is 1. The molecule has 1 aromatic carbocycles. The van der Waals surface area contributed by atoms with Crippen molar-refractivity contribution in [2.45, 2.75) is 26.3 Å². The maximum atomic E-state index is 6.13. The number of nitrogens with zero attached hydrogens (tertiary/aromatic N) is 4. The van der Waals surface area contributed by atoms with Gasteiger partial charge in [-0.1, -0.05) is 6.92 Å². The van der Waals surface area contributed by atoms with Gasteiger partial charge in [-0.05, 0) is 29.8 Å². The Morgan fingerprint density at radius 2 is 2.05 bits per heavy atom. The lowest BCUT2D eigenvalue weighted by Crippen LogP contribution is -2.09. The number of anilines is 1. The first-order valence-corrected chi connectivity index (χ1v) is 6.42. The van der Waals surface area contributed by atoms with Crippen molar-refractivity contribution in [3.8, 4) is 22.9 Å². The van der Waals surface area contributed by atoms with E-state index in [1.807, 2.05) is 13.0 Å². The molecule has 0 fully saturated rings. The molecule has 0 saturated heterocycles. The number of benzene rings is 1. The van der Waals surface area contributed by atoms with Crippen LogP contribution in [0.5, 0.6) is 11.5 Å². The number of nitrogen functional groups attached to an aromatic ring is 1. The third kappa shape index (κ3) is 2.38. The highest BCUT2D eigenvalue weighted by Gasteiger charge is 2.19. The van der Waals surface area contributed by atoms with Crippen LogP contribution in [0, 0.1) is 0 Å². The smallest absolute Gasteiger partial charge is 0.184 e. The van der Waals surface area contributed by atoms with Gasteiger partial charge in [0.15, 0.2) is 5.82 Å². The quantitative estimate of drug-likeness (QED) is 0.840. The van der Waals surface area contributed by atoms with Crippen LogP contribution in [-0.2, 0) is 0 Å². The molecule has 1 atom stereocenters. The SMILES string of the molecule is CCC(C)n1nnnc1-c1cc(OC)cc(OC)c1N. The summed E-state index contributed by atoms with van der Waals surface area (Å²) in [7, 11) is 3.15. The summed E-state index contributed by atoms with van der Waals surface area (Å²) >= 11 is 0. The minimum absolute atomic E-state index is 0.177. The van der Waals surface area contributed by atoms with Crippen LogP contribution in [-0.4, -0.2) is 34.4 Å². The molecular formula is C13H19N5O2. The zero-order chi connectivity index (χ0) is 14.7. The Hall–Kier alpha value is -2.31. The van der Waals surface area contributed by atoms with Crippen LogP contribution in [0.4, 0.5) is 5.69 Å². The fourth-order valence-electron chi connectivity index (χ4n) is 1.91. The number of methoxy groups -OCH3 is 2. The second-order valence-corrected chi connectivity index (χ2v) is 4.50. The van der Waals surface area contributed by atoms with Gasteiger partial charge in [0.05, 0.1) is 31.5 Å². The molecule has 0 aliphatic carbocycles. The number of nitrogens with two attached hydrogens (primary N) is 1. The van der Waals surface area contributed by atoms with Crippen molar-refractivity contribution in [3.63, 3.8) is 0 Å². The van der Waals surface area contributed by atoms with Gasteiger partial charge in [-0.15, -0.1) is 5.10 Å². The average Bonchev–Trinajstić information content (AvgIpc) is 2.96. The minimum Gasteiger partial charge on any atom is -0.497 e. The van der Waals surface area contributed by atoms with Crippen molar-refractivity contribution < 1.29 is 9.47 Å². The highest BCUT2D eigenvalue weighted by atomic mass is 16.5. The summed E-state index contributed by atoms with van der Waals surface area (Å²) in [4.78, 5) is 0. The summed E-state index contributed by atoms with van der Waals surface area (Å²) in [6.07, 6.45) is 0.916. The van der Waals surface area contributed by atoms with E-state index in [0.717, 1.165) is 6.42 Å². The number of tetrazole rings is 1. The van der Waals surface area contributed by atoms with E-state index in [9.17, 15) is 0 Å². The van der Waals surface area contributed by atoms with Gasteiger partial charge < -0.3 is 15.2 Å². The molecule has 20 heavy (non-hydrogen) atoms. The van der Waals surface area contributed by atoms with Crippen LogP contribution in [0.3, 0.4) is 0 Å². The molecule has 1 heterocycles. The lowest BCUT2D eigenvalue weighted by atomic mass is 10.1. The zero-order valence-electron chi connectivity index (χ0n) is 12.1. The fraction of sp³-hybridized carbons (Fsp3) is 0.462. The first kappa shape index (κ1) is 14.1. The topological polar surface area (TPSA) is 88.1 Å². The lowest BCUT2D eigenvalue weighted by Gasteiger charge is -2.15. The Morgan fingerprint density at radius 3 is 2.65 bits per heavy atom. The molecule has 0 aliphatic heterocycles. The molecule has 7 nitrogen and oxygen atoms in total. The molecule has 0 radical (unpaired) electrons. The predicted molar refractivity (Wildman–Crippen MR) is 75.8 cm³/mol. The summed E-state index contributed by atoms with van der Waals surface area (Å²) in [6.45, 7) is 4.12. The monoisotopic (exact) mass is 277 g/mol. The molecular weight excluding hydrogens is 258 g/mol. The number of aromatic nitrogens is 4. The van der Waals surface area contributed by atoms with Crippen molar-refractivity contribution in [1.29, 1.82) is 0 Å². The van der Waals surface area contributed by atoms with Crippen molar-refractivity contribution in [1.82, 2.24) is 20.2 Å². The summed E-state index contributed by atoms with van der Waals surface area (Å²) < 4.78 is 12.3. The summed E-state index contributed by atoms with van der Waals surface area (Å²) in [6, 6.07) is 3.72. The summed E-state index contributed by atoms with van der Waals surface area (Å²) in [5, 5.41) is 11.9. The van der Waals surface area contributed by atoms with Gasteiger partial charge in [-0.25, -0.2) is 4.68 Å². The molecule has 0 bridgehead atoms. The first-order chi connectivity index (χ1) is 9.62. The van der Waals surface area contributed by atoms with Crippen LogP contribution in [0.1, 0.15) is 26.3 Å². The van der Waals surface area contributed by atoms with Crippen molar-refractivity contribution >= 4 is 5.69 Å². The Labute approximate surface area is 117 Å². The molecule has 2 aromatic rings. The molecule has 0 aliphatic rings. The lowest BCUT2D eigenvalue weighted by molar-refractivity contribution is 0.396. The molecule has 0 saturated carbocycles. The van der Waals surface area contributed by atoms with Gasteiger partial charge in [-0.3, -0.25) is 0 Å². The average molecular weight is 277 g/mol. The zero-order valence-corrected chi connectivity index (χ0v) is 12.1. The molecule has 1 unspecified atom stereocenters. The maximum Gasteiger partial charge on any atom is 0.184 e. The van der Waals surface area contributed by atoms with E-state index >= 15 is 0 Å². The van der Waals surface area contributed by atoms with Gasteiger partial charge in [0.2, 0.25) is 0 Å². The molecule has 2 N–H and O–H groups in total. The number of hydrogen-bond acceptors (Lipinski definition) is 6. The normalized spacial score (nSPS) is 12.2. The van der Waals surface area contributed by atoms with Gasteiger partial charge in [-0.2, -0.15) is 0 Å². The fourth-order valence-corrected chi connectivity index (χ4v) is 1.91. The second kappa shape index (κ2) is 5.77. The van der Waals surface area contributed by atoms with Gasteiger partial charge >= 0.3 is 0 Å². The van der Waals surface area contributed by atoms with Gasteiger partial charge in [0.25, 0.3) is 0 Å². The van der Waals surface area contributed by atoms with Crippen LogP contribution in [0.2, 0.25) is 0 Å². The summed E-state index contributed by atoms with van der Waals surface area (Å²) in [5.74, 6) is 1.79. The van der Waals surface area contributed by atoms with Crippen LogP contribution in [0.15, 0.2) is 12.1 Å². The van der Waals surface area contributed by atoms with E-state index in [1.165, 1.54) is 0 Å². The van der Waals surface area contributed by atoms with E-state index in [0.29, 0.717) is 28.6 Å². The third-order valence-corrected chi connectivity index (χ3v) is 3.31.